The Morgan fingerprint density at radius 2 is 1.86 bits per heavy atom. The van der Waals surface area contributed by atoms with Crippen LogP contribution in [0.4, 0.5) is 0 Å². The summed E-state index contributed by atoms with van der Waals surface area (Å²) in [6.07, 6.45) is 7.35. The summed E-state index contributed by atoms with van der Waals surface area (Å²) in [5.74, 6) is 0.403. The third-order valence-corrected chi connectivity index (χ3v) is 5.46. The van der Waals surface area contributed by atoms with Crippen LogP contribution in [-0.2, 0) is 10.0 Å². The first-order valence-electron chi connectivity index (χ1n) is 7.29. The van der Waals surface area contributed by atoms with Crippen molar-refractivity contribution >= 4 is 20.8 Å². The van der Waals surface area contributed by atoms with Crippen molar-refractivity contribution in [3.05, 3.63) is 54.6 Å². The molecule has 1 aliphatic rings. The molecule has 3 rings (SSSR count). The van der Waals surface area contributed by atoms with Crippen LogP contribution in [0, 0.1) is 5.92 Å². The molecule has 1 aliphatic carbocycles. The maximum atomic E-state index is 12.6. The summed E-state index contributed by atoms with van der Waals surface area (Å²) >= 11 is 0. The van der Waals surface area contributed by atoms with Gasteiger partial charge in [0.05, 0.1) is 4.90 Å². The van der Waals surface area contributed by atoms with Gasteiger partial charge in [0.2, 0.25) is 10.0 Å². The number of nitrogens with one attached hydrogen (secondary N) is 1. The number of hydrogen-bond donors (Lipinski definition) is 1. The van der Waals surface area contributed by atoms with Gasteiger partial charge in [0.25, 0.3) is 0 Å². The highest BCUT2D eigenvalue weighted by Crippen LogP contribution is 2.23. The molecule has 1 N–H and O–H groups in total. The van der Waals surface area contributed by atoms with E-state index >= 15 is 0 Å². The van der Waals surface area contributed by atoms with E-state index < -0.39 is 10.0 Å². The Balaban J connectivity index is 1.84. The fraction of sp³-hybridized carbons (Fsp3) is 0.294. The highest BCUT2D eigenvalue weighted by atomic mass is 32.2. The zero-order valence-electron chi connectivity index (χ0n) is 11.8. The average molecular weight is 301 g/mol. The molecule has 2 aromatic rings. The molecule has 0 fully saturated rings. The van der Waals surface area contributed by atoms with Crippen LogP contribution in [0.5, 0.6) is 0 Å². The van der Waals surface area contributed by atoms with Gasteiger partial charge in [-0.15, -0.1) is 0 Å². The van der Waals surface area contributed by atoms with Crippen LogP contribution < -0.4 is 4.72 Å². The van der Waals surface area contributed by atoms with Crippen molar-refractivity contribution in [2.24, 2.45) is 5.92 Å². The summed E-state index contributed by atoms with van der Waals surface area (Å²) in [4.78, 5) is 0.368. The zero-order valence-corrected chi connectivity index (χ0v) is 12.6. The summed E-state index contributed by atoms with van der Waals surface area (Å²) in [5, 5.41) is 1.72. The van der Waals surface area contributed by atoms with Crippen molar-refractivity contribution in [1.29, 1.82) is 0 Å². The van der Waals surface area contributed by atoms with E-state index in [-0.39, 0.29) is 0 Å². The maximum Gasteiger partial charge on any atom is 0.241 e. The minimum atomic E-state index is -3.46. The highest BCUT2D eigenvalue weighted by molar-refractivity contribution is 7.89. The standard InChI is InChI=1S/C17H19NO2S/c19-21(20,18-13-14-7-2-1-3-8-14)17-12-6-10-15-9-4-5-11-16(15)17/h1-2,4-6,9-12,14,18H,3,7-8,13H2. The minimum Gasteiger partial charge on any atom is -0.211 e. The summed E-state index contributed by atoms with van der Waals surface area (Å²) in [5.41, 5.74) is 0. The molecule has 110 valence electrons. The van der Waals surface area contributed by atoms with E-state index in [0.29, 0.717) is 17.4 Å². The Kier molecular flexibility index (Phi) is 4.08. The molecule has 0 aromatic heterocycles. The Morgan fingerprint density at radius 1 is 1.05 bits per heavy atom. The van der Waals surface area contributed by atoms with Crippen LogP contribution in [0.15, 0.2) is 59.5 Å². The van der Waals surface area contributed by atoms with E-state index in [0.717, 1.165) is 30.0 Å². The molecule has 0 bridgehead atoms. The van der Waals surface area contributed by atoms with Crippen LogP contribution >= 0.6 is 0 Å². The number of sulfonamides is 1. The topological polar surface area (TPSA) is 46.2 Å². The van der Waals surface area contributed by atoms with E-state index in [1.165, 1.54) is 0 Å². The van der Waals surface area contributed by atoms with Gasteiger partial charge in [0.1, 0.15) is 0 Å². The zero-order chi connectivity index (χ0) is 14.7. The molecule has 0 radical (unpaired) electrons. The smallest absolute Gasteiger partial charge is 0.211 e. The van der Waals surface area contributed by atoms with E-state index in [1.54, 1.807) is 12.1 Å². The van der Waals surface area contributed by atoms with Crippen LogP contribution in [0.3, 0.4) is 0 Å². The normalized spacial score (nSPS) is 19.0. The molecule has 0 saturated heterocycles. The lowest BCUT2D eigenvalue weighted by Crippen LogP contribution is -2.30. The van der Waals surface area contributed by atoms with Gasteiger partial charge in [0.15, 0.2) is 0 Å². The van der Waals surface area contributed by atoms with Gasteiger partial charge >= 0.3 is 0 Å². The molecule has 3 nitrogen and oxygen atoms in total. The third kappa shape index (κ3) is 3.17. The molecular formula is C17H19NO2S. The van der Waals surface area contributed by atoms with Crippen molar-refractivity contribution < 1.29 is 8.42 Å². The second-order valence-corrected chi connectivity index (χ2v) is 7.22. The molecule has 0 heterocycles. The molecule has 1 unspecified atom stereocenters. The van der Waals surface area contributed by atoms with Gasteiger partial charge < -0.3 is 0 Å². The molecule has 0 saturated carbocycles. The first kappa shape index (κ1) is 14.3. The van der Waals surface area contributed by atoms with Gasteiger partial charge in [-0.1, -0.05) is 48.6 Å². The van der Waals surface area contributed by atoms with Gasteiger partial charge in [-0.3, -0.25) is 0 Å². The maximum absolute atomic E-state index is 12.6. The Labute approximate surface area is 125 Å². The Hall–Kier alpha value is -1.65. The van der Waals surface area contributed by atoms with Crippen molar-refractivity contribution in [1.82, 2.24) is 4.72 Å². The molecule has 0 amide bonds. The largest absolute Gasteiger partial charge is 0.241 e. The second kappa shape index (κ2) is 6.00. The lowest BCUT2D eigenvalue weighted by atomic mass is 9.95. The lowest BCUT2D eigenvalue weighted by molar-refractivity contribution is 0.468. The molecular weight excluding hydrogens is 282 g/mol. The molecule has 4 heteroatoms. The van der Waals surface area contributed by atoms with Crippen molar-refractivity contribution in [2.75, 3.05) is 6.54 Å². The third-order valence-electron chi connectivity index (χ3n) is 3.98. The van der Waals surface area contributed by atoms with Crippen LogP contribution in [0.1, 0.15) is 19.3 Å². The molecule has 0 spiro atoms. The van der Waals surface area contributed by atoms with Crippen molar-refractivity contribution in [3.63, 3.8) is 0 Å². The summed E-state index contributed by atoms with van der Waals surface area (Å²) in [6.45, 7) is 0.510. The van der Waals surface area contributed by atoms with E-state index in [9.17, 15) is 8.42 Å². The number of fused-ring (bicyclic) bond motifs is 1. The molecule has 21 heavy (non-hydrogen) atoms. The minimum absolute atomic E-state index is 0.368. The predicted molar refractivity (Wildman–Crippen MR) is 85.6 cm³/mol. The number of rotatable bonds is 4. The van der Waals surface area contributed by atoms with Crippen LogP contribution in [0.2, 0.25) is 0 Å². The van der Waals surface area contributed by atoms with Crippen molar-refractivity contribution in [2.45, 2.75) is 24.2 Å². The van der Waals surface area contributed by atoms with E-state index in [2.05, 4.69) is 16.9 Å². The van der Waals surface area contributed by atoms with Crippen LogP contribution in [-0.4, -0.2) is 15.0 Å². The Morgan fingerprint density at radius 3 is 2.67 bits per heavy atom. The van der Waals surface area contributed by atoms with Gasteiger partial charge in [0, 0.05) is 11.9 Å². The lowest BCUT2D eigenvalue weighted by Gasteiger charge is -2.18. The molecule has 2 aromatic carbocycles. The number of hydrogen-bond acceptors (Lipinski definition) is 2. The first-order valence-corrected chi connectivity index (χ1v) is 8.77. The quantitative estimate of drug-likeness (QED) is 0.879. The molecule has 1 atom stereocenters. The SMILES string of the molecule is O=S(=O)(NCC1CC=CCC1)c1cccc2ccccc12. The highest BCUT2D eigenvalue weighted by Gasteiger charge is 2.19. The summed E-state index contributed by atoms with van der Waals surface area (Å²) < 4.78 is 27.9. The van der Waals surface area contributed by atoms with Gasteiger partial charge in [-0.25, -0.2) is 13.1 Å². The monoisotopic (exact) mass is 301 g/mol. The van der Waals surface area contributed by atoms with E-state index in [4.69, 9.17) is 0 Å². The predicted octanol–water partition coefficient (Wildman–Crippen LogP) is 3.47. The average Bonchev–Trinajstić information content (AvgIpc) is 2.53. The fourth-order valence-electron chi connectivity index (χ4n) is 2.78. The number of benzene rings is 2. The van der Waals surface area contributed by atoms with Gasteiger partial charge in [-0.2, -0.15) is 0 Å². The van der Waals surface area contributed by atoms with Crippen molar-refractivity contribution in [3.8, 4) is 0 Å². The van der Waals surface area contributed by atoms with E-state index in [1.807, 2.05) is 30.3 Å². The molecule has 0 aliphatic heterocycles. The second-order valence-electron chi connectivity index (χ2n) is 5.48. The van der Waals surface area contributed by atoms with Crippen LogP contribution in [0.25, 0.3) is 10.8 Å². The summed E-state index contributed by atoms with van der Waals surface area (Å²) in [7, 11) is -3.46. The fourth-order valence-corrected chi connectivity index (χ4v) is 4.12. The summed E-state index contributed by atoms with van der Waals surface area (Å²) in [6, 6.07) is 13.0. The number of allylic oxidation sites excluding steroid dienone is 2. The van der Waals surface area contributed by atoms with Gasteiger partial charge in [-0.05, 0) is 36.6 Å². The Bertz CT molecular complexity index is 760. The first-order chi connectivity index (χ1) is 10.2.